The second kappa shape index (κ2) is 9.72. The molecule has 0 spiro atoms. The van der Waals surface area contributed by atoms with Crippen molar-refractivity contribution in [2.45, 2.75) is 41.7 Å². The lowest BCUT2D eigenvalue weighted by Crippen LogP contribution is -2.22. The molecule has 0 heterocycles. The van der Waals surface area contributed by atoms with Gasteiger partial charge in [0, 0.05) is 22.7 Å². The van der Waals surface area contributed by atoms with Crippen LogP contribution in [0.1, 0.15) is 26.7 Å². The Balaban J connectivity index is 1.97. The van der Waals surface area contributed by atoms with Gasteiger partial charge in [0.1, 0.15) is 0 Å². The van der Waals surface area contributed by atoms with Crippen LogP contribution < -0.4 is 15.8 Å². The molecule has 0 aliphatic heterocycles. The number of primary sulfonamides is 1. The van der Waals surface area contributed by atoms with E-state index in [1.807, 2.05) is 25.1 Å². The van der Waals surface area contributed by atoms with Crippen LogP contribution in [0.25, 0.3) is 0 Å². The lowest BCUT2D eigenvalue weighted by atomic mass is 10.3. The van der Waals surface area contributed by atoms with Crippen molar-refractivity contribution in [3.8, 4) is 0 Å². The van der Waals surface area contributed by atoms with Crippen molar-refractivity contribution < 1.29 is 18.0 Å². The quantitative estimate of drug-likeness (QED) is 0.566. The van der Waals surface area contributed by atoms with Crippen molar-refractivity contribution in [2.75, 3.05) is 10.6 Å². The maximum Gasteiger partial charge on any atom is 0.238 e. The van der Waals surface area contributed by atoms with Gasteiger partial charge in [-0.1, -0.05) is 13.0 Å². The van der Waals surface area contributed by atoms with Gasteiger partial charge in [0.15, 0.2) is 0 Å². The maximum atomic E-state index is 12.4. The standard InChI is InChI=1S/C19H23N3O4S2/c1-3-5-18(23)21-15-6-4-7-16(12-15)27-13(2)19(24)22-14-8-10-17(11-9-14)28(20,25)26/h4,6-13H,3,5H2,1-2H3,(H,21,23)(H,22,24)(H2,20,25,26). The van der Waals surface area contributed by atoms with E-state index in [0.717, 1.165) is 11.3 Å². The van der Waals surface area contributed by atoms with Crippen LogP contribution in [-0.4, -0.2) is 25.5 Å². The van der Waals surface area contributed by atoms with Crippen molar-refractivity contribution in [1.82, 2.24) is 0 Å². The smallest absolute Gasteiger partial charge is 0.238 e. The fourth-order valence-corrected chi connectivity index (χ4v) is 3.77. The molecule has 0 aliphatic carbocycles. The van der Waals surface area contributed by atoms with Crippen molar-refractivity contribution in [2.24, 2.45) is 5.14 Å². The molecule has 2 rings (SSSR count). The van der Waals surface area contributed by atoms with Crippen LogP contribution in [0, 0.1) is 0 Å². The van der Waals surface area contributed by atoms with Gasteiger partial charge in [-0.3, -0.25) is 9.59 Å². The molecule has 0 aliphatic rings. The maximum absolute atomic E-state index is 12.4. The molecule has 1 atom stereocenters. The number of sulfonamides is 1. The zero-order valence-electron chi connectivity index (χ0n) is 15.6. The number of anilines is 2. The number of amides is 2. The highest BCUT2D eigenvalue weighted by molar-refractivity contribution is 8.00. The Bertz CT molecular complexity index is 944. The average molecular weight is 422 g/mol. The number of thioether (sulfide) groups is 1. The van der Waals surface area contributed by atoms with Gasteiger partial charge < -0.3 is 10.6 Å². The van der Waals surface area contributed by atoms with Crippen LogP contribution in [0.4, 0.5) is 11.4 Å². The third-order valence-electron chi connectivity index (χ3n) is 3.73. The number of hydrogen-bond donors (Lipinski definition) is 3. The predicted molar refractivity (Wildman–Crippen MR) is 112 cm³/mol. The normalized spacial score (nSPS) is 12.2. The van der Waals surface area contributed by atoms with Crippen LogP contribution in [-0.2, 0) is 19.6 Å². The van der Waals surface area contributed by atoms with Crippen LogP contribution in [0.5, 0.6) is 0 Å². The molecule has 2 aromatic carbocycles. The molecule has 28 heavy (non-hydrogen) atoms. The van der Waals surface area contributed by atoms with E-state index in [1.54, 1.807) is 13.0 Å². The highest BCUT2D eigenvalue weighted by atomic mass is 32.2. The summed E-state index contributed by atoms with van der Waals surface area (Å²) in [6, 6.07) is 13.0. The SMILES string of the molecule is CCCC(=O)Nc1cccc(SC(C)C(=O)Nc2ccc(S(N)(=O)=O)cc2)c1. The average Bonchev–Trinajstić information content (AvgIpc) is 2.61. The summed E-state index contributed by atoms with van der Waals surface area (Å²) in [5, 5.41) is 10.2. The van der Waals surface area contributed by atoms with Gasteiger partial charge in [-0.2, -0.15) is 0 Å². The van der Waals surface area contributed by atoms with Gasteiger partial charge in [-0.15, -0.1) is 11.8 Å². The summed E-state index contributed by atoms with van der Waals surface area (Å²) in [6.45, 7) is 3.70. The molecular formula is C19H23N3O4S2. The Morgan fingerprint density at radius 3 is 2.36 bits per heavy atom. The van der Waals surface area contributed by atoms with Gasteiger partial charge >= 0.3 is 0 Å². The molecule has 7 nitrogen and oxygen atoms in total. The van der Waals surface area contributed by atoms with Crippen LogP contribution in [0.15, 0.2) is 58.3 Å². The van der Waals surface area contributed by atoms with Crippen molar-refractivity contribution in [1.29, 1.82) is 0 Å². The molecule has 2 aromatic rings. The summed E-state index contributed by atoms with van der Waals surface area (Å²) in [4.78, 5) is 24.9. The minimum Gasteiger partial charge on any atom is -0.326 e. The lowest BCUT2D eigenvalue weighted by molar-refractivity contribution is -0.116. The number of nitrogens with two attached hydrogens (primary N) is 1. The van der Waals surface area contributed by atoms with E-state index in [-0.39, 0.29) is 16.7 Å². The minimum atomic E-state index is -3.77. The molecule has 9 heteroatoms. The van der Waals surface area contributed by atoms with Crippen LogP contribution in [0.3, 0.4) is 0 Å². The summed E-state index contributed by atoms with van der Waals surface area (Å²) in [7, 11) is -3.77. The first kappa shape index (κ1) is 21.9. The Morgan fingerprint density at radius 2 is 1.75 bits per heavy atom. The Labute approximate surface area is 169 Å². The first-order valence-electron chi connectivity index (χ1n) is 8.69. The second-order valence-electron chi connectivity index (χ2n) is 6.14. The van der Waals surface area contributed by atoms with Gasteiger partial charge in [-0.25, -0.2) is 13.6 Å². The first-order chi connectivity index (χ1) is 13.2. The highest BCUT2D eigenvalue weighted by Crippen LogP contribution is 2.27. The minimum absolute atomic E-state index is 0.0187. The number of nitrogens with one attached hydrogen (secondary N) is 2. The molecule has 1 unspecified atom stereocenters. The van der Waals surface area contributed by atoms with E-state index < -0.39 is 15.3 Å². The zero-order valence-corrected chi connectivity index (χ0v) is 17.3. The largest absolute Gasteiger partial charge is 0.326 e. The van der Waals surface area contributed by atoms with Crippen molar-refractivity contribution >= 4 is 45.0 Å². The Kier molecular flexibility index (Phi) is 7.61. The van der Waals surface area contributed by atoms with Crippen LogP contribution >= 0.6 is 11.8 Å². The number of carbonyl (C=O) groups excluding carboxylic acids is 2. The van der Waals surface area contributed by atoms with E-state index >= 15 is 0 Å². The molecule has 0 bridgehead atoms. The van der Waals surface area contributed by atoms with E-state index in [9.17, 15) is 18.0 Å². The van der Waals surface area contributed by atoms with Crippen molar-refractivity contribution in [3.63, 3.8) is 0 Å². The summed E-state index contributed by atoms with van der Waals surface area (Å²) in [5.74, 6) is -0.271. The fourth-order valence-electron chi connectivity index (χ4n) is 2.33. The van der Waals surface area contributed by atoms with Crippen molar-refractivity contribution in [3.05, 3.63) is 48.5 Å². The van der Waals surface area contributed by atoms with E-state index in [4.69, 9.17) is 5.14 Å². The molecule has 2 amide bonds. The summed E-state index contributed by atoms with van der Waals surface area (Å²) in [6.07, 6.45) is 1.23. The van der Waals surface area contributed by atoms with Gasteiger partial charge in [0.05, 0.1) is 10.1 Å². The summed E-state index contributed by atoms with van der Waals surface area (Å²) in [5.41, 5.74) is 1.17. The molecule has 0 aromatic heterocycles. The fraction of sp³-hybridized carbons (Fsp3) is 0.263. The molecular weight excluding hydrogens is 398 g/mol. The second-order valence-corrected chi connectivity index (χ2v) is 9.12. The van der Waals surface area contributed by atoms with Gasteiger partial charge in [-0.05, 0) is 55.8 Å². The molecule has 0 fully saturated rings. The van der Waals surface area contributed by atoms with E-state index in [0.29, 0.717) is 17.8 Å². The topological polar surface area (TPSA) is 118 Å². The summed E-state index contributed by atoms with van der Waals surface area (Å²) < 4.78 is 22.5. The Morgan fingerprint density at radius 1 is 1.07 bits per heavy atom. The third-order valence-corrected chi connectivity index (χ3v) is 5.75. The van der Waals surface area contributed by atoms with Gasteiger partial charge in [0.2, 0.25) is 21.8 Å². The zero-order chi connectivity index (χ0) is 20.7. The van der Waals surface area contributed by atoms with Gasteiger partial charge in [0.25, 0.3) is 0 Å². The Hall–Kier alpha value is -2.36. The lowest BCUT2D eigenvalue weighted by Gasteiger charge is -2.13. The predicted octanol–water partition coefficient (Wildman–Crippen LogP) is 3.19. The molecule has 150 valence electrons. The number of benzene rings is 2. The number of hydrogen-bond acceptors (Lipinski definition) is 5. The van der Waals surface area contributed by atoms with E-state index in [2.05, 4.69) is 10.6 Å². The highest BCUT2D eigenvalue weighted by Gasteiger charge is 2.16. The summed E-state index contributed by atoms with van der Waals surface area (Å²) >= 11 is 1.35. The number of carbonyl (C=O) groups is 2. The molecule has 4 N–H and O–H groups in total. The van der Waals surface area contributed by atoms with E-state index in [1.165, 1.54) is 36.0 Å². The first-order valence-corrected chi connectivity index (χ1v) is 11.1. The molecule has 0 saturated carbocycles. The third kappa shape index (κ3) is 6.66. The van der Waals surface area contributed by atoms with Crippen LogP contribution in [0.2, 0.25) is 0 Å². The monoisotopic (exact) mass is 421 g/mol. The molecule has 0 radical (unpaired) electrons. The number of rotatable bonds is 8. The molecule has 0 saturated heterocycles.